The number of carbonyl (C=O) groups excluding carboxylic acids is 1. The maximum absolute atomic E-state index is 12.1. The Hall–Kier alpha value is -1.51. The van der Waals surface area contributed by atoms with E-state index in [1.54, 1.807) is 0 Å². The first-order valence-corrected chi connectivity index (χ1v) is 9.24. The number of phenols is 1. The first-order chi connectivity index (χ1) is 11.2. The van der Waals surface area contributed by atoms with Crippen LogP contribution in [0.2, 0.25) is 0 Å². The molecule has 1 rings (SSSR count). The summed E-state index contributed by atoms with van der Waals surface area (Å²) in [7, 11) is 0. The Balaban J connectivity index is 3.07. The second-order valence-electron chi connectivity index (χ2n) is 9.66. The molecule has 3 heteroatoms. The second kappa shape index (κ2) is 7.39. The van der Waals surface area contributed by atoms with Crippen molar-refractivity contribution in [1.82, 2.24) is 0 Å². The third-order valence-electron chi connectivity index (χ3n) is 4.85. The molecule has 25 heavy (non-hydrogen) atoms. The van der Waals surface area contributed by atoms with Crippen molar-refractivity contribution in [2.24, 2.45) is 5.41 Å². The Morgan fingerprint density at radius 3 is 1.76 bits per heavy atom. The van der Waals surface area contributed by atoms with E-state index in [0.29, 0.717) is 18.8 Å². The molecule has 0 amide bonds. The van der Waals surface area contributed by atoms with Crippen molar-refractivity contribution in [2.45, 2.75) is 86.0 Å². The summed E-state index contributed by atoms with van der Waals surface area (Å²) in [6.07, 6.45) is 1.41. The number of rotatable bonds is 5. The Labute approximate surface area is 153 Å². The first-order valence-electron chi connectivity index (χ1n) is 9.24. The van der Waals surface area contributed by atoms with Crippen LogP contribution in [-0.4, -0.2) is 17.7 Å². The van der Waals surface area contributed by atoms with Crippen molar-refractivity contribution >= 4 is 5.97 Å². The van der Waals surface area contributed by atoms with Gasteiger partial charge in [-0.2, -0.15) is 0 Å². The van der Waals surface area contributed by atoms with Crippen LogP contribution in [0.1, 0.15) is 85.4 Å². The lowest BCUT2D eigenvalue weighted by atomic mass is 9.78. The van der Waals surface area contributed by atoms with E-state index < -0.39 is 5.41 Å². The molecule has 1 N–H and O–H groups in total. The van der Waals surface area contributed by atoms with Crippen molar-refractivity contribution in [3.63, 3.8) is 0 Å². The maximum Gasteiger partial charge on any atom is 0.311 e. The summed E-state index contributed by atoms with van der Waals surface area (Å²) in [5.41, 5.74) is 2.23. The van der Waals surface area contributed by atoms with Gasteiger partial charge in [0.05, 0.1) is 12.0 Å². The van der Waals surface area contributed by atoms with Crippen LogP contribution in [0.25, 0.3) is 0 Å². The number of ether oxygens (including phenoxy) is 1. The number of carbonyl (C=O) groups is 1. The highest BCUT2D eigenvalue weighted by molar-refractivity contribution is 5.75. The second-order valence-corrected chi connectivity index (χ2v) is 9.66. The van der Waals surface area contributed by atoms with Crippen molar-refractivity contribution in [1.29, 1.82) is 0 Å². The van der Waals surface area contributed by atoms with Gasteiger partial charge in [0.25, 0.3) is 0 Å². The highest BCUT2D eigenvalue weighted by Crippen LogP contribution is 2.39. The third kappa shape index (κ3) is 5.49. The lowest BCUT2D eigenvalue weighted by Crippen LogP contribution is -2.26. The van der Waals surface area contributed by atoms with Gasteiger partial charge in [0.2, 0.25) is 0 Å². The fourth-order valence-electron chi connectivity index (χ4n) is 2.58. The van der Waals surface area contributed by atoms with E-state index in [1.165, 1.54) is 0 Å². The van der Waals surface area contributed by atoms with Gasteiger partial charge in [-0.3, -0.25) is 4.79 Å². The van der Waals surface area contributed by atoms with Gasteiger partial charge in [-0.25, -0.2) is 0 Å². The van der Waals surface area contributed by atoms with E-state index >= 15 is 0 Å². The van der Waals surface area contributed by atoms with Crippen LogP contribution in [0.3, 0.4) is 0 Å². The smallest absolute Gasteiger partial charge is 0.311 e. The highest BCUT2D eigenvalue weighted by atomic mass is 16.5. The SMILES string of the molecule is CCC(C)(C)C(=O)OCCc1cc(C(C)(C)C)c(O)c(C(C)(C)C)c1. The molecule has 0 bridgehead atoms. The van der Waals surface area contributed by atoms with Crippen molar-refractivity contribution in [2.75, 3.05) is 6.61 Å². The molecule has 0 aliphatic carbocycles. The molecule has 1 aromatic carbocycles. The third-order valence-corrected chi connectivity index (χ3v) is 4.85. The molecular formula is C22H36O3. The van der Waals surface area contributed by atoms with Crippen LogP contribution in [0, 0.1) is 5.41 Å². The van der Waals surface area contributed by atoms with Crippen LogP contribution in [0.5, 0.6) is 5.75 Å². The Morgan fingerprint density at radius 2 is 1.40 bits per heavy atom. The summed E-state index contributed by atoms with van der Waals surface area (Å²) < 4.78 is 5.48. The molecule has 0 spiro atoms. The molecule has 0 aliphatic heterocycles. The standard InChI is InChI=1S/C22H36O3/c1-10-22(8,9)19(24)25-12-11-15-13-16(20(2,3)4)18(23)17(14-15)21(5,6)7/h13-14,23H,10-12H2,1-9H3. The minimum atomic E-state index is -0.442. The van der Waals surface area contributed by atoms with E-state index in [4.69, 9.17) is 4.74 Å². The number of hydrogen-bond donors (Lipinski definition) is 1. The van der Waals surface area contributed by atoms with Crippen molar-refractivity contribution in [3.8, 4) is 5.75 Å². The fourth-order valence-corrected chi connectivity index (χ4v) is 2.58. The zero-order valence-corrected chi connectivity index (χ0v) is 17.5. The Morgan fingerprint density at radius 1 is 0.960 bits per heavy atom. The minimum Gasteiger partial charge on any atom is -0.507 e. The van der Waals surface area contributed by atoms with Gasteiger partial charge in [-0.05, 0) is 47.8 Å². The summed E-state index contributed by atoms with van der Waals surface area (Å²) in [5, 5.41) is 10.8. The van der Waals surface area contributed by atoms with Gasteiger partial charge in [-0.15, -0.1) is 0 Å². The fraction of sp³-hybridized carbons (Fsp3) is 0.682. The number of hydrogen-bond acceptors (Lipinski definition) is 3. The maximum atomic E-state index is 12.1. The summed E-state index contributed by atoms with van der Waals surface area (Å²) in [5.74, 6) is 0.230. The van der Waals surface area contributed by atoms with Crippen LogP contribution in [0.15, 0.2) is 12.1 Å². The predicted octanol–water partition coefficient (Wildman–Crippen LogP) is 5.51. The monoisotopic (exact) mass is 348 g/mol. The predicted molar refractivity (Wildman–Crippen MR) is 104 cm³/mol. The van der Waals surface area contributed by atoms with Crippen LogP contribution in [-0.2, 0) is 26.8 Å². The van der Waals surface area contributed by atoms with Gasteiger partial charge in [0, 0.05) is 6.42 Å². The quantitative estimate of drug-likeness (QED) is 0.714. The number of benzene rings is 1. The van der Waals surface area contributed by atoms with Crippen molar-refractivity contribution < 1.29 is 14.6 Å². The van der Waals surface area contributed by atoms with Crippen LogP contribution < -0.4 is 0 Å². The highest BCUT2D eigenvalue weighted by Gasteiger charge is 2.28. The van der Waals surface area contributed by atoms with Gasteiger partial charge >= 0.3 is 5.97 Å². The zero-order valence-electron chi connectivity index (χ0n) is 17.5. The number of phenolic OH excluding ortho intramolecular Hbond substituents is 1. The molecule has 1 aromatic rings. The van der Waals surface area contributed by atoms with Crippen LogP contribution in [0.4, 0.5) is 0 Å². The number of esters is 1. The van der Waals surface area contributed by atoms with Crippen molar-refractivity contribution in [3.05, 3.63) is 28.8 Å². The molecule has 0 heterocycles. The zero-order chi connectivity index (χ0) is 19.6. The normalized spacial score (nSPS) is 13.0. The molecule has 0 saturated carbocycles. The molecule has 0 saturated heterocycles. The van der Waals surface area contributed by atoms with Crippen LogP contribution >= 0.6 is 0 Å². The molecule has 3 nitrogen and oxygen atoms in total. The average Bonchev–Trinajstić information content (AvgIpc) is 2.46. The summed E-state index contributed by atoms with van der Waals surface area (Å²) in [6, 6.07) is 4.09. The lowest BCUT2D eigenvalue weighted by molar-refractivity contribution is -0.154. The Bertz CT molecular complexity index is 578. The summed E-state index contributed by atoms with van der Waals surface area (Å²) in [4.78, 5) is 12.1. The molecule has 0 aromatic heterocycles. The van der Waals surface area contributed by atoms with E-state index in [1.807, 2.05) is 32.9 Å². The van der Waals surface area contributed by atoms with Gasteiger partial charge in [0.1, 0.15) is 5.75 Å². The Kier molecular flexibility index (Phi) is 6.36. The molecule has 0 fully saturated rings. The largest absolute Gasteiger partial charge is 0.507 e. The van der Waals surface area contributed by atoms with E-state index in [9.17, 15) is 9.90 Å². The number of aromatic hydroxyl groups is 1. The van der Waals surface area contributed by atoms with Gasteiger partial charge in [-0.1, -0.05) is 60.6 Å². The molecule has 0 radical (unpaired) electrons. The molecule has 0 atom stereocenters. The van der Waals surface area contributed by atoms with E-state index in [2.05, 4.69) is 41.5 Å². The van der Waals surface area contributed by atoms with E-state index in [0.717, 1.165) is 23.1 Å². The topological polar surface area (TPSA) is 46.5 Å². The van der Waals surface area contributed by atoms with Gasteiger partial charge in [0.15, 0.2) is 0 Å². The summed E-state index contributed by atoms with van der Waals surface area (Å²) >= 11 is 0. The molecular weight excluding hydrogens is 312 g/mol. The molecule has 0 unspecified atom stereocenters. The van der Waals surface area contributed by atoms with Gasteiger partial charge < -0.3 is 9.84 Å². The first kappa shape index (κ1) is 21.5. The lowest BCUT2D eigenvalue weighted by Gasteiger charge is -2.28. The van der Waals surface area contributed by atoms with E-state index in [-0.39, 0.29) is 16.8 Å². The molecule has 0 aliphatic rings. The average molecular weight is 349 g/mol. The summed E-state index contributed by atoms with van der Waals surface area (Å²) in [6.45, 7) is 18.8. The minimum absolute atomic E-state index is 0.152. The molecule has 142 valence electrons.